The molecule has 0 aromatic heterocycles. The van der Waals surface area contributed by atoms with E-state index in [0.29, 0.717) is 0 Å². The van der Waals surface area contributed by atoms with E-state index in [1.165, 1.54) is 22.3 Å². The lowest BCUT2D eigenvalue weighted by atomic mass is 10.1. The number of benzene rings is 2. The second-order valence-electron chi connectivity index (χ2n) is 4.75. The molecular formula is C17H19N. The van der Waals surface area contributed by atoms with Crippen molar-refractivity contribution in [3.8, 4) is 0 Å². The minimum absolute atomic E-state index is 0.750. The van der Waals surface area contributed by atoms with Crippen LogP contribution in [-0.2, 0) is 6.54 Å². The maximum absolute atomic E-state index is 4.64. The molecule has 18 heavy (non-hydrogen) atoms. The quantitative estimate of drug-likeness (QED) is 0.705. The number of aliphatic imine (C=N–C) groups is 1. The third-order valence-corrected chi connectivity index (χ3v) is 3.09. The predicted molar refractivity (Wildman–Crippen MR) is 78.3 cm³/mol. The Labute approximate surface area is 109 Å². The molecule has 2 aromatic carbocycles. The highest BCUT2D eigenvalue weighted by molar-refractivity contribution is 5.98. The summed E-state index contributed by atoms with van der Waals surface area (Å²) in [5.74, 6) is 0. The van der Waals surface area contributed by atoms with Crippen LogP contribution in [0.1, 0.15) is 29.2 Å². The summed E-state index contributed by atoms with van der Waals surface area (Å²) in [5.41, 5.74) is 6.12. The van der Waals surface area contributed by atoms with Crippen LogP contribution in [0.25, 0.3) is 0 Å². The molecule has 2 rings (SSSR count). The van der Waals surface area contributed by atoms with E-state index < -0.39 is 0 Å². The zero-order valence-electron chi connectivity index (χ0n) is 11.3. The molecule has 0 fully saturated rings. The van der Waals surface area contributed by atoms with E-state index in [1.54, 1.807) is 0 Å². The van der Waals surface area contributed by atoms with Gasteiger partial charge in [0.05, 0.1) is 6.54 Å². The molecule has 0 aliphatic rings. The Hall–Kier alpha value is -1.89. The Balaban J connectivity index is 2.09. The summed E-state index contributed by atoms with van der Waals surface area (Å²) in [6.07, 6.45) is 0. The van der Waals surface area contributed by atoms with Crippen LogP contribution in [0.2, 0.25) is 0 Å². The Morgan fingerprint density at radius 2 is 1.33 bits per heavy atom. The average molecular weight is 237 g/mol. The molecule has 0 saturated heterocycles. The van der Waals surface area contributed by atoms with Gasteiger partial charge in [0.15, 0.2) is 0 Å². The first kappa shape index (κ1) is 12.6. The monoisotopic (exact) mass is 237 g/mol. The van der Waals surface area contributed by atoms with Gasteiger partial charge >= 0.3 is 0 Å². The van der Waals surface area contributed by atoms with Crippen molar-refractivity contribution in [2.45, 2.75) is 27.3 Å². The van der Waals surface area contributed by atoms with Gasteiger partial charge in [-0.15, -0.1) is 0 Å². The minimum Gasteiger partial charge on any atom is -0.285 e. The van der Waals surface area contributed by atoms with Gasteiger partial charge in [0.2, 0.25) is 0 Å². The van der Waals surface area contributed by atoms with Gasteiger partial charge in [0, 0.05) is 5.71 Å². The Morgan fingerprint density at radius 1 is 0.833 bits per heavy atom. The molecule has 0 saturated carbocycles. The van der Waals surface area contributed by atoms with Crippen molar-refractivity contribution in [1.29, 1.82) is 0 Å². The van der Waals surface area contributed by atoms with Crippen LogP contribution in [0, 0.1) is 13.8 Å². The van der Waals surface area contributed by atoms with Gasteiger partial charge in [-0.2, -0.15) is 0 Å². The highest BCUT2D eigenvalue weighted by Crippen LogP contribution is 2.08. The smallest absolute Gasteiger partial charge is 0.0643 e. The number of hydrogen-bond acceptors (Lipinski definition) is 1. The third-order valence-electron chi connectivity index (χ3n) is 3.09. The van der Waals surface area contributed by atoms with E-state index in [4.69, 9.17) is 0 Å². The number of aryl methyl sites for hydroxylation is 2. The summed E-state index contributed by atoms with van der Waals surface area (Å²) in [5, 5.41) is 0. The molecule has 0 amide bonds. The Kier molecular flexibility index (Phi) is 3.93. The second-order valence-corrected chi connectivity index (χ2v) is 4.75. The largest absolute Gasteiger partial charge is 0.285 e. The summed E-state index contributed by atoms with van der Waals surface area (Å²) in [7, 11) is 0. The topological polar surface area (TPSA) is 12.4 Å². The molecule has 0 heterocycles. The fraction of sp³-hybridized carbons (Fsp3) is 0.235. The molecule has 0 aliphatic heterocycles. The van der Waals surface area contributed by atoms with Gasteiger partial charge in [-0.05, 0) is 31.9 Å². The van der Waals surface area contributed by atoms with Gasteiger partial charge in [0.25, 0.3) is 0 Å². The lowest BCUT2D eigenvalue weighted by Gasteiger charge is -2.03. The molecule has 0 atom stereocenters. The molecule has 0 spiro atoms. The van der Waals surface area contributed by atoms with Crippen molar-refractivity contribution in [3.63, 3.8) is 0 Å². The number of rotatable bonds is 3. The molecular weight excluding hydrogens is 218 g/mol. The minimum atomic E-state index is 0.750. The molecule has 92 valence electrons. The maximum Gasteiger partial charge on any atom is 0.0643 e. The summed E-state index contributed by atoms with van der Waals surface area (Å²) in [4.78, 5) is 4.64. The molecule has 0 N–H and O–H groups in total. The van der Waals surface area contributed by atoms with Crippen LogP contribution in [-0.4, -0.2) is 5.71 Å². The third kappa shape index (κ3) is 3.30. The molecule has 2 aromatic rings. The first-order valence-electron chi connectivity index (χ1n) is 6.29. The summed E-state index contributed by atoms with van der Waals surface area (Å²) in [6, 6.07) is 17.0. The van der Waals surface area contributed by atoms with Crippen molar-refractivity contribution < 1.29 is 0 Å². The zero-order valence-corrected chi connectivity index (χ0v) is 11.3. The van der Waals surface area contributed by atoms with E-state index in [1.807, 2.05) is 0 Å². The highest BCUT2D eigenvalue weighted by atomic mass is 14.7. The maximum atomic E-state index is 4.64. The summed E-state index contributed by atoms with van der Waals surface area (Å²) >= 11 is 0. The number of hydrogen-bond donors (Lipinski definition) is 0. The molecule has 1 heteroatoms. The van der Waals surface area contributed by atoms with Gasteiger partial charge in [-0.3, -0.25) is 4.99 Å². The Morgan fingerprint density at radius 3 is 1.89 bits per heavy atom. The summed E-state index contributed by atoms with van der Waals surface area (Å²) in [6.45, 7) is 7.02. The van der Waals surface area contributed by atoms with Crippen LogP contribution < -0.4 is 0 Å². The molecule has 0 unspecified atom stereocenters. The van der Waals surface area contributed by atoms with Gasteiger partial charge < -0.3 is 0 Å². The van der Waals surface area contributed by atoms with Crippen molar-refractivity contribution in [2.24, 2.45) is 4.99 Å². The van der Waals surface area contributed by atoms with Gasteiger partial charge in [-0.1, -0.05) is 59.7 Å². The van der Waals surface area contributed by atoms with Crippen LogP contribution in [0.5, 0.6) is 0 Å². The molecule has 0 aliphatic carbocycles. The van der Waals surface area contributed by atoms with E-state index >= 15 is 0 Å². The van der Waals surface area contributed by atoms with Gasteiger partial charge in [0.1, 0.15) is 0 Å². The van der Waals surface area contributed by atoms with Crippen molar-refractivity contribution in [2.75, 3.05) is 0 Å². The van der Waals surface area contributed by atoms with Crippen LogP contribution in [0.15, 0.2) is 53.5 Å². The first-order chi connectivity index (χ1) is 8.65. The lowest BCUT2D eigenvalue weighted by Crippen LogP contribution is -1.95. The second kappa shape index (κ2) is 5.63. The van der Waals surface area contributed by atoms with Crippen LogP contribution >= 0.6 is 0 Å². The highest BCUT2D eigenvalue weighted by Gasteiger charge is 1.97. The van der Waals surface area contributed by atoms with Crippen molar-refractivity contribution in [1.82, 2.24) is 0 Å². The Bertz CT molecular complexity index is 533. The fourth-order valence-electron chi connectivity index (χ4n) is 1.79. The number of nitrogens with zero attached hydrogens (tertiary/aromatic N) is 1. The van der Waals surface area contributed by atoms with Crippen molar-refractivity contribution >= 4 is 5.71 Å². The van der Waals surface area contributed by atoms with Crippen LogP contribution in [0.3, 0.4) is 0 Å². The van der Waals surface area contributed by atoms with Crippen LogP contribution in [0.4, 0.5) is 0 Å². The van der Waals surface area contributed by atoms with E-state index in [-0.39, 0.29) is 0 Å². The fourth-order valence-corrected chi connectivity index (χ4v) is 1.79. The lowest BCUT2D eigenvalue weighted by molar-refractivity contribution is 1.06. The molecule has 0 bridgehead atoms. The first-order valence-corrected chi connectivity index (χ1v) is 6.29. The van der Waals surface area contributed by atoms with E-state index in [2.05, 4.69) is 74.3 Å². The molecule has 1 nitrogen and oxygen atoms in total. The standard InChI is InChI=1S/C17H19N/c1-13-4-8-16(9-5-13)12-18-15(3)17-10-6-14(2)7-11-17/h4-11H,12H2,1-3H3. The van der Waals surface area contributed by atoms with E-state index in [9.17, 15) is 0 Å². The van der Waals surface area contributed by atoms with E-state index in [0.717, 1.165) is 12.3 Å². The predicted octanol–water partition coefficient (Wildman–Crippen LogP) is 4.31. The normalized spacial score (nSPS) is 11.6. The SMILES string of the molecule is CC(=NCc1ccc(C)cc1)c1ccc(C)cc1. The molecule has 0 radical (unpaired) electrons. The summed E-state index contributed by atoms with van der Waals surface area (Å²) < 4.78 is 0. The van der Waals surface area contributed by atoms with Crippen molar-refractivity contribution in [3.05, 3.63) is 70.8 Å². The van der Waals surface area contributed by atoms with Gasteiger partial charge in [-0.25, -0.2) is 0 Å². The zero-order chi connectivity index (χ0) is 13.0. The average Bonchev–Trinajstić information content (AvgIpc) is 2.38.